The topological polar surface area (TPSA) is 111 Å². The van der Waals surface area contributed by atoms with Gasteiger partial charge in [0.1, 0.15) is 12.5 Å². The Bertz CT molecular complexity index is 1050. The summed E-state index contributed by atoms with van der Waals surface area (Å²) in [6.07, 6.45) is 3.83. The standard InChI is InChI=1S/C23H32BCl3N2O7S/c1-16(12-17-7-9-18(10-8-17)22(2,3)4)6-11-19(28-37(32,33)34-15-23(25,26)27)24-35-20(30)13-29(5)14-21(31)36-24/h6-11,16,19,28H,12-15H2,1-5H3/b11-6+. The average molecular weight is 598 g/mol. The van der Waals surface area contributed by atoms with Gasteiger partial charge in [-0.3, -0.25) is 18.7 Å². The van der Waals surface area contributed by atoms with Gasteiger partial charge in [0.2, 0.25) is 3.79 Å². The lowest BCUT2D eigenvalue weighted by atomic mass is 9.77. The van der Waals surface area contributed by atoms with E-state index < -0.39 is 45.7 Å². The van der Waals surface area contributed by atoms with Crippen LogP contribution in [0, 0.1) is 5.92 Å². The van der Waals surface area contributed by atoms with E-state index in [1.807, 2.05) is 19.1 Å². The predicted molar refractivity (Wildman–Crippen MR) is 145 cm³/mol. The van der Waals surface area contributed by atoms with Crippen LogP contribution < -0.4 is 4.72 Å². The molecule has 1 fully saturated rings. The summed E-state index contributed by atoms with van der Waals surface area (Å²) >= 11 is 16.8. The van der Waals surface area contributed by atoms with Gasteiger partial charge in [-0.25, -0.2) is 0 Å². The van der Waals surface area contributed by atoms with Crippen LogP contribution >= 0.6 is 34.8 Å². The molecule has 37 heavy (non-hydrogen) atoms. The van der Waals surface area contributed by atoms with E-state index in [0.717, 1.165) is 5.56 Å². The molecule has 1 saturated heterocycles. The van der Waals surface area contributed by atoms with Crippen molar-refractivity contribution < 1.29 is 31.5 Å². The number of hydrogen-bond donors (Lipinski definition) is 1. The van der Waals surface area contributed by atoms with Crippen molar-refractivity contribution in [1.82, 2.24) is 9.62 Å². The highest BCUT2D eigenvalue weighted by atomic mass is 35.6. The molecule has 9 nitrogen and oxygen atoms in total. The van der Waals surface area contributed by atoms with E-state index >= 15 is 0 Å². The van der Waals surface area contributed by atoms with Gasteiger partial charge in [0.25, 0.3) is 0 Å². The minimum Gasteiger partial charge on any atom is -0.497 e. The van der Waals surface area contributed by atoms with Gasteiger partial charge in [-0.05, 0) is 35.9 Å². The van der Waals surface area contributed by atoms with Crippen LogP contribution in [0.15, 0.2) is 36.4 Å². The highest BCUT2D eigenvalue weighted by molar-refractivity contribution is 7.84. The van der Waals surface area contributed by atoms with E-state index in [1.165, 1.54) is 16.5 Å². The van der Waals surface area contributed by atoms with Crippen molar-refractivity contribution in [1.29, 1.82) is 0 Å². The lowest BCUT2D eigenvalue weighted by Crippen LogP contribution is -2.53. The number of alkyl halides is 3. The summed E-state index contributed by atoms with van der Waals surface area (Å²) in [5, 5.41) is 0. The van der Waals surface area contributed by atoms with Crippen LogP contribution in [0.2, 0.25) is 0 Å². The summed E-state index contributed by atoms with van der Waals surface area (Å²) in [5.74, 6) is -2.76. The summed E-state index contributed by atoms with van der Waals surface area (Å²) < 4.78 is 40.5. The van der Waals surface area contributed by atoms with Crippen molar-refractivity contribution >= 4 is 64.2 Å². The van der Waals surface area contributed by atoms with Crippen LogP contribution in [-0.4, -0.2) is 68.9 Å². The minimum atomic E-state index is -4.50. The van der Waals surface area contributed by atoms with Crippen LogP contribution in [0.1, 0.15) is 38.8 Å². The van der Waals surface area contributed by atoms with Gasteiger partial charge in [0, 0.05) is 0 Å². The molecule has 1 aliphatic heterocycles. The number of hydrogen-bond acceptors (Lipinski definition) is 8. The van der Waals surface area contributed by atoms with Crippen LogP contribution in [0.5, 0.6) is 0 Å². The molecule has 0 aliphatic carbocycles. The quantitative estimate of drug-likeness (QED) is 0.262. The lowest BCUT2D eigenvalue weighted by molar-refractivity contribution is -0.145. The number of halogens is 3. The molecule has 0 bridgehead atoms. The molecule has 1 aliphatic rings. The van der Waals surface area contributed by atoms with E-state index in [9.17, 15) is 18.0 Å². The Kier molecular flexibility index (Phi) is 11.3. The zero-order valence-corrected chi connectivity index (χ0v) is 24.5. The second-order valence-electron chi connectivity index (χ2n) is 10.0. The van der Waals surface area contributed by atoms with Crippen molar-refractivity contribution in [2.75, 3.05) is 26.7 Å². The van der Waals surface area contributed by atoms with Crippen LogP contribution in [0.4, 0.5) is 0 Å². The number of nitrogens with zero attached hydrogens (tertiary/aromatic N) is 1. The Morgan fingerprint density at radius 2 is 1.62 bits per heavy atom. The first-order valence-corrected chi connectivity index (χ1v) is 14.1. The Hall–Kier alpha value is -1.34. The van der Waals surface area contributed by atoms with Gasteiger partial charge >= 0.3 is 29.4 Å². The molecule has 0 saturated carbocycles. The first-order chi connectivity index (χ1) is 16.9. The summed E-state index contributed by atoms with van der Waals surface area (Å²) in [6, 6.07) is 8.25. The van der Waals surface area contributed by atoms with Crippen LogP contribution in [0.3, 0.4) is 0 Å². The second-order valence-corrected chi connectivity index (χ2v) is 13.9. The molecule has 1 aromatic carbocycles. The van der Waals surface area contributed by atoms with E-state index in [0.29, 0.717) is 6.42 Å². The summed E-state index contributed by atoms with van der Waals surface area (Å²) in [4.78, 5) is 25.9. The molecule has 14 heteroatoms. The molecule has 0 radical (unpaired) electrons. The van der Waals surface area contributed by atoms with E-state index in [1.54, 1.807) is 13.1 Å². The molecule has 0 spiro atoms. The smallest absolute Gasteiger partial charge is 0.497 e. The van der Waals surface area contributed by atoms with Crippen LogP contribution in [-0.2, 0) is 45.2 Å². The minimum absolute atomic E-state index is 0.0355. The van der Waals surface area contributed by atoms with Crippen molar-refractivity contribution in [2.24, 2.45) is 5.92 Å². The fourth-order valence-electron chi connectivity index (χ4n) is 3.42. The number of carbonyl (C=O) groups is 2. The number of nitrogens with one attached hydrogen (secondary N) is 1. The van der Waals surface area contributed by atoms with Gasteiger partial charge in [-0.15, -0.1) is 0 Å². The zero-order valence-electron chi connectivity index (χ0n) is 21.4. The number of likely N-dealkylation sites (N-methyl/N-ethyl adjacent to an activating group) is 1. The highest BCUT2D eigenvalue weighted by Gasteiger charge is 2.41. The Balaban J connectivity index is 2.22. The Morgan fingerprint density at radius 1 is 1.08 bits per heavy atom. The van der Waals surface area contributed by atoms with Gasteiger partial charge in [-0.2, -0.15) is 13.1 Å². The van der Waals surface area contributed by atoms with Crippen molar-refractivity contribution in [3.05, 3.63) is 47.5 Å². The van der Waals surface area contributed by atoms with E-state index in [4.69, 9.17) is 48.3 Å². The Labute approximate surface area is 234 Å². The maximum atomic E-state index is 12.5. The zero-order chi connectivity index (χ0) is 28.0. The average Bonchev–Trinajstić information content (AvgIpc) is 2.73. The predicted octanol–water partition coefficient (Wildman–Crippen LogP) is 3.37. The largest absolute Gasteiger partial charge is 0.622 e. The summed E-state index contributed by atoms with van der Waals surface area (Å²) in [5.41, 5.74) is 2.33. The van der Waals surface area contributed by atoms with Crippen molar-refractivity contribution in [3.8, 4) is 0 Å². The van der Waals surface area contributed by atoms with Gasteiger partial charge in [0.15, 0.2) is 0 Å². The number of benzene rings is 1. The normalized spacial score (nSPS) is 18.2. The molecular formula is C23H32BCl3N2O7S. The number of carbonyl (C=O) groups excluding carboxylic acids is 2. The molecular weight excluding hydrogens is 565 g/mol. The molecule has 1 aromatic rings. The second kappa shape index (κ2) is 13.1. The molecule has 2 unspecified atom stereocenters. The summed E-state index contributed by atoms with van der Waals surface area (Å²) in [6.45, 7) is 7.22. The monoisotopic (exact) mass is 596 g/mol. The fraction of sp³-hybridized carbons (Fsp3) is 0.565. The lowest BCUT2D eigenvalue weighted by Gasteiger charge is -2.26. The SMILES string of the molecule is CC(/C=C/C(NS(=O)(=O)OCC(Cl)(Cl)Cl)B1OC(=O)CN(C)CC(=O)O1)Cc1ccc(C(C)(C)C)cc1. The fourth-order valence-corrected chi connectivity index (χ4v) is 4.70. The maximum absolute atomic E-state index is 12.5. The van der Waals surface area contributed by atoms with Gasteiger partial charge in [0.05, 0.1) is 13.1 Å². The first-order valence-electron chi connectivity index (χ1n) is 11.5. The third kappa shape index (κ3) is 11.9. The molecule has 206 valence electrons. The number of allylic oxidation sites excluding steroid dienone is 1. The third-order valence-electron chi connectivity index (χ3n) is 5.27. The molecule has 2 rings (SSSR count). The summed E-state index contributed by atoms with van der Waals surface area (Å²) in [7, 11) is -4.53. The maximum Gasteiger partial charge on any atom is 0.622 e. The molecule has 1 heterocycles. The number of rotatable bonds is 9. The van der Waals surface area contributed by atoms with Crippen molar-refractivity contribution in [2.45, 2.75) is 49.3 Å². The van der Waals surface area contributed by atoms with E-state index in [2.05, 4.69) is 37.6 Å². The van der Waals surface area contributed by atoms with Gasteiger partial charge in [-0.1, -0.05) is 98.9 Å². The van der Waals surface area contributed by atoms with Crippen LogP contribution in [0.25, 0.3) is 0 Å². The van der Waals surface area contributed by atoms with Gasteiger partial charge < -0.3 is 9.31 Å². The molecule has 2 atom stereocenters. The first kappa shape index (κ1) is 31.9. The highest BCUT2D eigenvalue weighted by Crippen LogP contribution is 2.26. The molecule has 0 aromatic heterocycles. The molecule has 0 amide bonds. The van der Waals surface area contributed by atoms with E-state index in [-0.39, 0.29) is 24.4 Å². The molecule has 1 N–H and O–H groups in total. The van der Waals surface area contributed by atoms with Crippen molar-refractivity contribution in [3.63, 3.8) is 0 Å². The third-order valence-corrected chi connectivity index (χ3v) is 6.59. The Morgan fingerprint density at radius 3 is 2.11 bits per heavy atom.